The Hall–Kier alpha value is -1.97. The molecule has 1 aromatic carbocycles. The van der Waals surface area contributed by atoms with Crippen molar-refractivity contribution in [1.82, 2.24) is 9.78 Å². The van der Waals surface area contributed by atoms with Gasteiger partial charge in [0, 0.05) is 19.3 Å². The van der Waals surface area contributed by atoms with Crippen molar-refractivity contribution in [3.05, 3.63) is 42.2 Å². The van der Waals surface area contributed by atoms with Crippen molar-refractivity contribution in [2.75, 3.05) is 11.9 Å². The van der Waals surface area contributed by atoms with Gasteiger partial charge in [-0.3, -0.25) is 4.68 Å². The molecule has 20 heavy (non-hydrogen) atoms. The number of aromatic nitrogens is 2. The lowest BCUT2D eigenvalue weighted by atomic mass is 10.2. The molecule has 0 radical (unpaired) electrons. The van der Waals surface area contributed by atoms with Gasteiger partial charge >= 0.3 is 0 Å². The van der Waals surface area contributed by atoms with E-state index in [9.17, 15) is 0 Å². The molecule has 1 heterocycles. The predicted octanol–water partition coefficient (Wildman–Crippen LogP) is 3.69. The predicted molar refractivity (Wildman–Crippen MR) is 82.1 cm³/mol. The van der Waals surface area contributed by atoms with E-state index in [1.165, 1.54) is 5.56 Å². The van der Waals surface area contributed by atoms with E-state index >= 15 is 0 Å². The van der Waals surface area contributed by atoms with Gasteiger partial charge in [0.05, 0.1) is 18.5 Å². The average Bonchev–Trinajstić information content (AvgIpc) is 2.95. The van der Waals surface area contributed by atoms with Crippen molar-refractivity contribution in [3.8, 4) is 5.75 Å². The minimum absolute atomic E-state index is 0.796. The van der Waals surface area contributed by atoms with Crippen molar-refractivity contribution in [1.29, 1.82) is 0 Å². The molecule has 0 aliphatic heterocycles. The molecular formula is C16H23N3O. The number of rotatable bonds is 8. The Bertz CT molecular complexity index is 505. The van der Waals surface area contributed by atoms with Crippen LogP contribution in [0.5, 0.6) is 5.75 Å². The zero-order valence-corrected chi connectivity index (χ0v) is 12.3. The first-order valence-corrected chi connectivity index (χ1v) is 7.30. The number of nitrogens with zero attached hydrogens (tertiary/aromatic N) is 2. The van der Waals surface area contributed by atoms with Gasteiger partial charge in [-0.25, -0.2) is 0 Å². The highest BCUT2D eigenvalue weighted by atomic mass is 16.5. The second kappa shape index (κ2) is 7.58. The van der Waals surface area contributed by atoms with Crippen LogP contribution in [0.1, 0.15) is 32.3 Å². The standard InChI is InChI=1S/C16H23N3O/c1-3-5-10-20-16-8-6-14(7-9-16)11-17-15-12-18-19(4-2)13-15/h6-9,12-13,17H,3-5,10-11H2,1-2H3. The number of nitrogens with one attached hydrogen (secondary N) is 1. The molecule has 4 heteroatoms. The molecule has 4 nitrogen and oxygen atoms in total. The summed E-state index contributed by atoms with van der Waals surface area (Å²) in [5.74, 6) is 0.945. The van der Waals surface area contributed by atoms with Crippen molar-refractivity contribution >= 4 is 5.69 Å². The average molecular weight is 273 g/mol. The van der Waals surface area contributed by atoms with Crippen molar-refractivity contribution < 1.29 is 4.74 Å². The van der Waals surface area contributed by atoms with Gasteiger partial charge < -0.3 is 10.1 Å². The van der Waals surface area contributed by atoms with Crippen LogP contribution in [-0.2, 0) is 13.1 Å². The number of ether oxygens (including phenoxy) is 1. The van der Waals surface area contributed by atoms with Crippen molar-refractivity contribution in [2.45, 2.75) is 39.8 Å². The van der Waals surface area contributed by atoms with E-state index in [-0.39, 0.29) is 0 Å². The molecule has 0 fully saturated rings. The number of anilines is 1. The topological polar surface area (TPSA) is 39.1 Å². The second-order valence-corrected chi connectivity index (χ2v) is 4.78. The molecule has 0 saturated heterocycles. The second-order valence-electron chi connectivity index (χ2n) is 4.78. The monoisotopic (exact) mass is 273 g/mol. The quantitative estimate of drug-likeness (QED) is 0.745. The van der Waals surface area contributed by atoms with Crippen LogP contribution < -0.4 is 10.1 Å². The maximum absolute atomic E-state index is 5.65. The fourth-order valence-corrected chi connectivity index (χ4v) is 1.87. The SMILES string of the molecule is CCCCOc1ccc(CNc2cnn(CC)c2)cc1. The smallest absolute Gasteiger partial charge is 0.119 e. The normalized spacial score (nSPS) is 10.5. The molecular weight excluding hydrogens is 250 g/mol. The summed E-state index contributed by atoms with van der Waals surface area (Å²) in [5.41, 5.74) is 2.28. The lowest BCUT2D eigenvalue weighted by Gasteiger charge is -2.07. The molecule has 0 saturated carbocycles. The molecule has 2 rings (SSSR count). The van der Waals surface area contributed by atoms with E-state index in [0.29, 0.717) is 0 Å². The van der Waals surface area contributed by atoms with Crippen LogP contribution in [0.3, 0.4) is 0 Å². The van der Waals surface area contributed by atoms with Gasteiger partial charge in [0.15, 0.2) is 0 Å². The molecule has 0 aliphatic rings. The maximum atomic E-state index is 5.65. The van der Waals surface area contributed by atoms with Gasteiger partial charge in [-0.1, -0.05) is 25.5 Å². The Kier molecular flexibility index (Phi) is 5.47. The molecule has 0 aliphatic carbocycles. The third kappa shape index (κ3) is 4.30. The summed E-state index contributed by atoms with van der Waals surface area (Å²) in [6.07, 6.45) is 6.13. The summed E-state index contributed by atoms with van der Waals surface area (Å²) >= 11 is 0. The zero-order valence-electron chi connectivity index (χ0n) is 12.3. The minimum atomic E-state index is 0.796. The van der Waals surface area contributed by atoms with Crippen LogP contribution in [0.25, 0.3) is 0 Å². The lowest BCUT2D eigenvalue weighted by Crippen LogP contribution is -2.00. The Balaban J connectivity index is 1.81. The van der Waals surface area contributed by atoms with Gasteiger partial charge in [-0.2, -0.15) is 5.10 Å². The van der Waals surface area contributed by atoms with E-state index in [0.717, 1.165) is 44.0 Å². The summed E-state index contributed by atoms with van der Waals surface area (Å²) < 4.78 is 7.56. The Morgan fingerprint density at radius 1 is 1.20 bits per heavy atom. The number of hydrogen-bond acceptors (Lipinski definition) is 3. The molecule has 1 N–H and O–H groups in total. The third-order valence-electron chi connectivity index (χ3n) is 3.14. The molecule has 0 spiro atoms. The van der Waals surface area contributed by atoms with Crippen LogP contribution in [0.4, 0.5) is 5.69 Å². The summed E-state index contributed by atoms with van der Waals surface area (Å²) in [4.78, 5) is 0. The largest absolute Gasteiger partial charge is 0.494 e. The first kappa shape index (κ1) is 14.4. The fraction of sp³-hybridized carbons (Fsp3) is 0.438. The summed E-state index contributed by atoms with van der Waals surface area (Å²) in [7, 11) is 0. The van der Waals surface area contributed by atoms with Gasteiger partial charge in [0.25, 0.3) is 0 Å². The van der Waals surface area contributed by atoms with Crippen molar-refractivity contribution in [3.63, 3.8) is 0 Å². The summed E-state index contributed by atoms with van der Waals surface area (Å²) in [6.45, 7) is 6.73. The van der Waals surface area contributed by atoms with Crippen molar-refractivity contribution in [2.24, 2.45) is 0 Å². The summed E-state index contributed by atoms with van der Waals surface area (Å²) in [6, 6.07) is 8.25. The molecule has 0 amide bonds. The Morgan fingerprint density at radius 3 is 2.65 bits per heavy atom. The van der Waals surface area contributed by atoms with E-state index in [1.807, 2.05) is 29.2 Å². The number of aryl methyl sites for hydroxylation is 1. The van der Waals surface area contributed by atoms with Gasteiger partial charge in [-0.15, -0.1) is 0 Å². The highest BCUT2D eigenvalue weighted by Crippen LogP contribution is 2.14. The third-order valence-corrected chi connectivity index (χ3v) is 3.14. The van der Waals surface area contributed by atoms with Crippen LogP contribution >= 0.6 is 0 Å². The lowest BCUT2D eigenvalue weighted by molar-refractivity contribution is 0.309. The van der Waals surface area contributed by atoms with Crippen LogP contribution in [-0.4, -0.2) is 16.4 Å². The van der Waals surface area contributed by atoms with Crippen LogP contribution in [0, 0.1) is 0 Å². The van der Waals surface area contributed by atoms with E-state index in [2.05, 4.69) is 36.4 Å². The number of benzene rings is 1. The summed E-state index contributed by atoms with van der Waals surface area (Å²) in [5, 5.41) is 7.60. The fourth-order valence-electron chi connectivity index (χ4n) is 1.87. The van der Waals surface area contributed by atoms with Gasteiger partial charge in [0.2, 0.25) is 0 Å². The molecule has 2 aromatic rings. The molecule has 108 valence electrons. The molecule has 0 bridgehead atoms. The van der Waals surface area contributed by atoms with E-state index in [1.54, 1.807) is 0 Å². The van der Waals surface area contributed by atoms with E-state index < -0.39 is 0 Å². The molecule has 1 aromatic heterocycles. The maximum Gasteiger partial charge on any atom is 0.119 e. The zero-order chi connectivity index (χ0) is 14.2. The van der Waals surface area contributed by atoms with Gasteiger partial charge in [-0.05, 0) is 31.0 Å². The number of unbranched alkanes of at least 4 members (excludes halogenated alkanes) is 1. The highest BCUT2D eigenvalue weighted by molar-refractivity contribution is 5.39. The highest BCUT2D eigenvalue weighted by Gasteiger charge is 1.98. The Morgan fingerprint density at radius 2 is 2.00 bits per heavy atom. The van der Waals surface area contributed by atoms with E-state index in [4.69, 9.17) is 4.74 Å². The molecule has 0 unspecified atom stereocenters. The van der Waals surface area contributed by atoms with Crippen LogP contribution in [0.2, 0.25) is 0 Å². The van der Waals surface area contributed by atoms with Crippen LogP contribution in [0.15, 0.2) is 36.7 Å². The minimum Gasteiger partial charge on any atom is -0.494 e. The van der Waals surface area contributed by atoms with Gasteiger partial charge in [0.1, 0.15) is 5.75 Å². The number of hydrogen-bond donors (Lipinski definition) is 1. The first-order chi connectivity index (χ1) is 9.81. The first-order valence-electron chi connectivity index (χ1n) is 7.30. The molecule has 0 atom stereocenters. The Labute approximate surface area is 120 Å².